The Bertz CT molecular complexity index is 1150. The Labute approximate surface area is 225 Å². The highest BCUT2D eigenvalue weighted by atomic mass is 16.5. The Kier molecular flexibility index (Phi) is 7.05. The minimum absolute atomic E-state index is 0.0417. The normalized spacial score (nSPS) is 27.7. The van der Waals surface area contributed by atoms with E-state index in [2.05, 4.69) is 27.7 Å². The Hall–Kier alpha value is -3.05. The molecular weight excluding hydrogens is 478 g/mol. The molecule has 3 fully saturated rings. The first kappa shape index (κ1) is 25.2. The van der Waals surface area contributed by atoms with Gasteiger partial charge in [0, 0.05) is 36.3 Å². The fourth-order valence-corrected chi connectivity index (χ4v) is 6.68. The second kappa shape index (κ2) is 10.6. The van der Waals surface area contributed by atoms with E-state index in [0.29, 0.717) is 32.4 Å². The fourth-order valence-electron chi connectivity index (χ4n) is 6.68. The van der Waals surface area contributed by atoms with Crippen LogP contribution in [0.1, 0.15) is 69.8 Å². The van der Waals surface area contributed by atoms with Crippen LogP contribution in [0.5, 0.6) is 5.75 Å². The number of piperidine rings is 1. The topological polar surface area (TPSA) is 97.7 Å². The van der Waals surface area contributed by atoms with Crippen LogP contribution in [-0.2, 0) is 9.59 Å². The average molecular weight is 518 g/mol. The van der Waals surface area contributed by atoms with Gasteiger partial charge in [0.25, 0.3) is 0 Å². The first-order chi connectivity index (χ1) is 18.6. The van der Waals surface area contributed by atoms with Gasteiger partial charge in [-0.1, -0.05) is 31.4 Å². The van der Waals surface area contributed by atoms with E-state index in [9.17, 15) is 14.9 Å². The zero-order valence-electron chi connectivity index (χ0n) is 22.2. The van der Waals surface area contributed by atoms with Crippen LogP contribution < -0.4 is 15.4 Å². The summed E-state index contributed by atoms with van der Waals surface area (Å²) in [5.74, 6) is 0.115. The number of ether oxygens (including phenoxy) is 1. The fraction of sp³-hybridized carbons (Fsp3) is 0.633. The molecule has 1 aromatic rings. The molecule has 0 spiro atoms. The summed E-state index contributed by atoms with van der Waals surface area (Å²) in [5, 5.41) is 16.0. The molecule has 3 atom stereocenters. The molecule has 2 saturated carbocycles. The highest BCUT2D eigenvalue weighted by molar-refractivity contribution is 5.93. The van der Waals surface area contributed by atoms with Gasteiger partial charge < -0.3 is 20.3 Å². The van der Waals surface area contributed by atoms with Crippen molar-refractivity contribution in [3.05, 3.63) is 30.0 Å². The molecule has 3 aliphatic heterocycles. The standard InChI is InChI=1S/C30H39N5O3/c31-20-30(12-13-30)33-28(36)22-7-2-3-8-23(22)29(37)35-16-11-25-24(19-35)21-9-6-10-26(27(21)32-25)38-18-17-34-14-4-1-5-15-34/h6,9-10,19,22-23,25,32H,1-5,7-8,11-18H2,(H,33,36)/t22-,23-,25?/m1/s1. The number of rotatable bonds is 7. The van der Waals surface area contributed by atoms with Gasteiger partial charge in [0.15, 0.2) is 0 Å². The highest BCUT2D eigenvalue weighted by Crippen LogP contribution is 2.45. The van der Waals surface area contributed by atoms with Crippen LogP contribution in [0.4, 0.5) is 5.69 Å². The molecule has 1 saturated heterocycles. The number of anilines is 1. The van der Waals surface area contributed by atoms with Gasteiger partial charge in [-0.3, -0.25) is 14.5 Å². The maximum Gasteiger partial charge on any atom is 0.230 e. The number of amides is 2. The molecule has 2 N–H and O–H groups in total. The van der Waals surface area contributed by atoms with Crippen molar-refractivity contribution < 1.29 is 14.3 Å². The van der Waals surface area contributed by atoms with E-state index in [1.165, 1.54) is 19.3 Å². The van der Waals surface area contributed by atoms with Gasteiger partial charge >= 0.3 is 0 Å². The third kappa shape index (κ3) is 5.01. The number of para-hydroxylation sites is 1. The summed E-state index contributed by atoms with van der Waals surface area (Å²) in [5.41, 5.74) is 2.55. The van der Waals surface area contributed by atoms with Crippen LogP contribution in [0.15, 0.2) is 24.4 Å². The molecule has 2 amide bonds. The smallest absolute Gasteiger partial charge is 0.230 e. The molecule has 3 heterocycles. The molecule has 1 aromatic carbocycles. The van der Waals surface area contributed by atoms with Gasteiger partial charge in [0.2, 0.25) is 11.8 Å². The Morgan fingerprint density at radius 2 is 1.84 bits per heavy atom. The third-order valence-electron chi connectivity index (χ3n) is 9.13. The van der Waals surface area contributed by atoms with E-state index in [0.717, 1.165) is 67.9 Å². The summed E-state index contributed by atoms with van der Waals surface area (Å²) in [7, 11) is 0. The highest BCUT2D eigenvalue weighted by Gasteiger charge is 2.48. The lowest BCUT2D eigenvalue weighted by molar-refractivity contribution is -0.142. The van der Waals surface area contributed by atoms with Crippen molar-refractivity contribution >= 4 is 23.1 Å². The predicted molar refractivity (Wildman–Crippen MR) is 145 cm³/mol. The SMILES string of the molecule is N#CC1(NC(=O)[C@@H]2CCCC[C@H]2C(=O)N2C=C3c4cccc(OCCN5CCCCC5)c4NC3CC2)CC1. The minimum atomic E-state index is -0.699. The first-order valence-electron chi connectivity index (χ1n) is 14.6. The number of benzene rings is 1. The van der Waals surface area contributed by atoms with Crippen molar-refractivity contribution in [2.24, 2.45) is 11.8 Å². The van der Waals surface area contributed by atoms with Crippen molar-refractivity contribution in [2.75, 3.05) is 38.1 Å². The van der Waals surface area contributed by atoms with Gasteiger partial charge in [-0.25, -0.2) is 0 Å². The van der Waals surface area contributed by atoms with Gasteiger partial charge in [-0.15, -0.1) is 0 Å². The van der Waals surface area contributed by atoms with E-state index >= 15 is 0 Å². The Morgan fingerprint density at radius 3 is 2.61 bits per heavy atom. The monoisotopic (exact) mass is 517 g/mol. The number of likely N-dealkylation sites (tertiary alicyclic amines) is 1. The summed E-state index contributed by atoms with van der Waals surface area (Å²) < 4.78 is 6.24. The van der Waals surface area contributed by atoms with E-state index in [4.69, 9.17) is 4.74 Å². The molecule has 5 aliphatic rings. The molecule has 0 aromatic heterocycles. The zero-order chi connectivity index (χ0) is 26.1. The van der Waals surface area contributed by atoms with E-state index in [1.54, 1.807) is 0 Å². The summed E-state index contributed by atoms with van der Waals surface area (Å²) in [6, 6.07) is 8.57. The number of nitrogens with one attached hydrogen (secondary N) is 2. The third-order valence-corrected chi connectivity index (χ3v) is 9.13. The van der Waals surface area contributed by atoms with Crippen molar-refractivity contribution in [3.63, 3.8) is 0 Å². The van der Waals surface area contributed by atoms with E-state index in [-0.39, 0.29) is 29.7 Å². The number of fused-ring (bicyclic) bond motifs is 3. The predicted octanol–water partition coefficient (Wildman–Crippen LogP) is 3.90. The molecule has 0 bridgehead atoms. The largest absolute Gasteiger partial charge is 0.490 e. The number of hydrogen-bond acceptors (Lipinski definition) is 6. The molecule has 8 heteroatoms. The summed E-state index contributed by atoms with van der Waals surface area (Å²) >= 11 is 0. The molecule has 8 nitrogen and oxygen atoms in total. The van der Waals surface area contributed by atoms with Crippen LogP contribution in [0.2, 0.25) is 0 Å². The van der Waals surface area contributed by atoms with E-state index in [1.807, 2.05) is 23.2 Å². The molecule has 202 valence electrons. The van der Waals surface area contributed by atoms with Crippen molar-refractivity contribution in [1.82, 2.24) is 15.1 Å². The van der Waals surface area contributed by atoms with Crippen molar-refractivity contribution in [2.45, 2.75) is 75.8 Å². The van der Waals surface area contributed by atoms with Gasteiger partial charge in [-0.2, -0.15) is 5.26 Å². The van der Waals surface area contributed by atoms with Gasteiger partial charge in [0.05, 0.1) is 23.7 Å². The number of carbonyl (C=O) groups excluding carboxylic acids is 2. The number of nitrogens with zero attached hydrogens (tertiary/aromatic N) is 3. The summed E-state index contributed by atoms with van der Waals surface area (Å²) in [6.45, 7) is 4.58. The lowest BCUT2D eigenvalue weighted by atomic mass is 9.77. The molecule has 2 aliphatic carbocycles. The average Bonchev–Trinajstić information content (AvgIpc) is 3.63. The van der Waals surface area contributed by atoms with Crippen LogP contribution >= 0.6 is 0 Å². The van der Waals surface area contributed by atoms with Gasteiger partial charge in [-0.05, 0) is 64.1 Å². The molecule has 6 rings (SSSR count). The molecular formula is C30H39N5O3. The summed E-state index contributed by atoms with van der Waals surface area (Å²) in [6.07, 6.45) is 11.5. The lowest BCUT2D eigenvalue weighted by Crippen LogP contribution is -2.48. The van der Waals surface area contributed by atoms with E-state index < -0.39 is 5.54 Å². The van der Waals surface area contributed by atoms with Crippen LogP contribution in [-0.4, -0.2) is 66.0 Å². The molecule has 0 radical (unpaired) electrons. The minimum Gasteiger partial charge on any atom is -0.490 e. The van der Waals surface area contributed by atoms with Crippen LogP contribution in [0, 0.1) is 23.2 Å². The second-order valence-electron chi connectivity index (χ2n) is 11.7. The number of carbonyl (C=O) groups is 2. The maximum absolute atomic E-state index is 13.8. The molecule has 38 heavy (non-hydrogen) atoms. The number of nitriles is 1. The van der Waals surface area contributed by atoms with Crippen LogP contribution in [0.25, 0.3) is 5.57 Å². The zero-order valence-corrected chi connectivity index (χ0v) is 22.2. The maximum atomic E-state index is 13.8. The summed E-state index contributed by atoms with van der Waals surface area (Å²) in [4.78, 5) is 31.2. The van der Waals surface area contributed by atoms with Gasteiger partial charge in [0.1, 0.15) is 17.9 Å². The van der Waals surface area contributed by atoms with Crippen molar-refractivity contribution in [1.29, 1.82) is 5.26 Å². The lowest BCUT2D eigenvalue weighted by Gasteiger charge is -2.35. The quantitative estimate of drug-likeness (QED) is 0.569. The molecule has 1 unspecified atom stereocenters. The van der Waals surface area contributed by atoms with Crippen LogP contribution in [0.3, 0.4) is 0 Å². The second-order valence-corrected chi connectivity index (χ2v) is 11.7. The Balaban J connectivity index is 1.14. The first-order valence-corrected chi connectivity index (χ1v) is 14.6. The van der Waals surface area contributed by atoms with Crippen molar-refractivity contribution in [3.8, 4) is 11.8 Å². The number of hydrogen-bond donors (Lipinski definition) is 2. The Morgan fingerprint density at radius 1 is 1.05 bits per heavy atom.